The van der Waals surface area contributed by atoms with Gasteiger partial charge in [-0.25, -0.2) is 0 Å². The lowest BCUT2D eigenvalue weighted by molar-refractivity contribution is 0.336. The van der Waals surface area contributed by atoms with Crippen LogP contribution in [0.3, 0.4) is 0 Å². The smallest absolute Gasteiger partial charge is 0.0785 e. The molecule has 1 heterocycles. The standard InChI is InChI=1S/C7H16N2.CH3F/c8-4-3-7-9-5-1-2-6-9;1-2/h1-8H2;1H3. The van der Waals surface area contributed by atoms with E-state index in [1.165, 1.54) is 38.9 Å². The Balaban J connectivity index is 0.000000461. The third kappa shape index (κ3) is 5.16. The van der Waals surface area contributed by atoms with Crippen LogP contribution in [0.1, 0.15) is 19.3 Å². The van der Waals surface area contributed by atoms with E-state index in [0.29, 0.717) is 7.18 Å². The molecule has 1 fully saturated rings. The molecule has 0 aliphatic carbocycles. The summed E-state index contributed by atoms with van der Waals surface area (Å²) in [5, 5.41) is 0. The highest BCUT2D eigenvalue weighted by Gasteiger charge is 2.09. The predicted octanol–water partition coefficient (Wildman–Crippen LogP) is 1.02. The first kappa shape index (κ1) is 10.8. The largest absolute Gasteiger partial charge is 0.330 e. The zero-order valence-corrected chi connectivity index (χ0v) is 7.35. The molecule has 3 heteroatoms. The van der Waals surface area contributed by atoms with Crippen LogP contribution in [-0.2, 0) is 0 Å². The second kappa shape index (κ2) is 7.95. The van der Waals surface area contributed by atoms with E-state index in [9.17, 15) is 4.39 Å². The zero-order chi connectivity index (χ0) is 8.53. The summed E-state index contributed by atoms with van der Waals surface area (Å²) in [7, 11) is 0.500. The minimum atomic E-state index is 0.500. The zero-order valence-electron chi connectivity index (χ0n) is 7.35. The Labute approximate surface area is 68.6 Å². The number of likely N-dealkylation sites (tertiary alicyclic amines) is 1. The van der Waals surface area contributed by atoms with Gasteiger partial charge < -0.3 is 10.6 Å². The molecule has 68 valence electrons. The summed E-state index contributed by atoms with van der Waals surface area (Å²) in [6.07, 6.45) is 3.95. The average molecular weight is 162 g/mol. The first-order valence-corrected chi connectivity index (χ1v) is 4.23. The summed E-state index contributed by atoms with van der Waals surface area (Å²) in [4.78, 5) is 2.49. The molecule has 1 aliphatic rings. The van der Waals surface area contributed by atoms with Crippen LogP contribution in [0.2, 0.25) is 0 Å². The SMILES string of the molecule is CF.NCCCN1CCCC1. The molecule has 1 rings (SSSR count). The Morgan fingerprint density at radius 2 is 1.82 bits per heavy atom. The second-order valence-corrected chi connectivity index (χ2v) is 2.69. The van der Waals surface area contributed by atoms with Gasteiger partial charge in [0, 0.05) is 0 Å². The van der Waals surface area contributed by atoms with E-state index in [-0.39, 0.29) is 0 Å². The molecule has 0 unspecified atom stereocenters. The van der Waals surface area contributed by atoms with E-state index in [0.717, 1.165) is 6.54 Å². The van der Waals surface area contributed by atoms with Crippen LogP contribution in [-0.4, -0.2) is 38.3 Å². The van der Waals surface area contributed by atoms with E-state index < -0.39 is 0 Å². The van der Waals surface area contributed by atoms with Crippen LogP contribution in [0, 0.1) is 0 Å². The van der Waals surface area contributed by atoms with Gasteiger partial charge in [0.25, 0.3) is 0 Å². The normalized spacial score (nSPS) is 17.7. The molecule has 1 aliphatic heterocycles. The van der Waals surface area contributed by atoms with Crippen molar-refractivity contribution in [2.75, 3.05) is 33.4 Å². The minimum Gasteiger partial charge on any atom is -0.330 e. The fourth-order valence-corrected chi connectivity index (χ4v) is 1.32. The minimum absolute atomic E-state index is 0.500. The van der Waals surface area contributed by atoms with Crippen LogP contribution < -0.4 is 5.73 Å². The van der Waals surface area contributed by atoms with Crippen molar-refractivity contribution in [2.24, 2.45) is 5.73 Å². The van der Waals surface area contributed by atoms with E-state index >= 15 is 0 Å². The van der Waals surface area contributed by atoms with Crippen LogP contribution in [0.4, 0.5) is 4.39 Å². The first-order valence-electron chi connectivity index (χ1n) is 4.23. The number of halogens is 1. The van der Waals surface area contributed by atoms with Crippen molar-refractivity contribution < 1.29 is 4.39 Å². The van der Waals surface area contributed by atoms with Crippen molar-refractivity contribution in [3.63, 3.8) is 0 Å². The summed E-state index contributed by atoms with van der Waals surface area (Å²) >= 11 is 0. The summed E-state index contributed by atoms with van der Waals surface area (Å²) < 4.78 is 9.50. The average Bonchev–Trinajstić information content (AvgIpc) is 2.57. The van der Waals surface area contributed by atoms with Gasteiger partial charge in [0.2, 0.25) is 0 Å². The molecular formula is C8H19FN2. The van der Waals surface area contributed by atoms with Gasteiger partial charge in [0.05, 0.1) is 7.18 Å². The van der Waals surface area contributed by atoms with Gasteiger partial charge in [-0.05, 0) is 45.4 Å². The lowest BCUT2D eigenvalue weighted by Gasteiger charge is -2.12. The van der Waals surface area contributed by atoms with Crippen LogP contribution in [0.25, 0.3) is 0 Å². The highest BCUT2D eigenvalue weighted by molar-refractivity contribution is 4.65. The highest BCUT2D eigenvalue weighted by Crippen LogP contribution is 2.06. The van der Waals surface area contributed by atoms with Crippen molar-refractivity contribution in [2.45, 2.75) is 19.3 Å². The Bertz CT molecular complexity index is 72.5. The fraction of sp³-hybridized carbons (Fsp3) is 1.00. The molecule has 0 radical (unpaired) electrons. The van der Waals surface area contributed by atoms with Crippen molar-refractivity contribution in [3.05, 3.63) is 0 Å². The molecule has 0 amide bonds. The Kier molecular flexibility index (Phi) is 7.84. The van der Waals surface area contributed by atoms with Gasteiger partial charge in [-0.2, -0.15) is 0 Å². The maximum absolute atomic E-state index is 9.50. The summed E-state index contributed by atoms with van der Waals surface area (Å²) in [5.74, 6) is 0. The van der Waals surface area contributed by atoms with E-state index in [2.05, 4.69) is 4.90 Å². The molecule has 0 bridgehead atoms. The Morgan fingerprint density at radius 3 is 2.27 bits per heavy atom. The third-order valence-corrected chi connectivity index (χ3v) is 1.88. The van der Waals surface area contributed by atoms with E-state index in [1.54, 1.807) is 0 Å². The number of alkyl halides is 1. The maximum Gasteiger partial charge on any atom is 0.0785 e. The first-order chi connectivity index (χ1) is 5.43. The van der Waals surface area contributed by atoms with Crippen LogP contribution >= 0.6 is 0 Å². The van der Waals surface area contributed by atoms with Gasteiger partial charge in [0.1, 0.15) is 0 Å². The Morgan fingerprint density at radius 1 is 1.27 bits per heavy atom. The molecule has 0 atom stereocenters. The molecule has 0 aromatic heterocycles. The molecular weight excluding hydrogens is 143 g/mol. The predicted molar refractivity (Wildman–Crippen MR) is 46.4 cm³/mol. The van der Waals surface area contributed by atoms with Crippen LogP contribution in [0.5, 0.6) is 0 Å². The van der Waals surface area contributed by atoms with Gasteiger partial charge in [-0.15, -0.1) is 0 Å². The fourth-order valence-electron chi connectivity index (χ4n) is 1.32. The molecule has 0 saturated carbocycles. The molecule has 1 saturated heterocycles. The lowest BCUT2D eigenvalue weighted by Crippen LogP contribution is -2.22. The van der Waals surface area contributed by atoms with Gasteiger partial charge in [0.15, 0.2) is 0 Å². The van der Waals surface area contributed by atoms with Gasteiger partial charge >= 0.3 is 0 Å². The quantitative estimate of drug-likeness (QED) is 0.671. The molecule has 11 heavy (non-hydrogen) atoms. The molecule has 2 N–H and O–H groups in total. The topological polar surface area (TPSA) is 29.3 Å². The van der Waals surface area contributed by atoms with E-state index in [4.69, 9.17) is 5.73 Å². The molecule has 0 spiro atoms. The second-order valence-electron chi connectivity index (χ2n) is 2.69. The lowest BCUT2D eigenvalue weighted by atomic mass is 10.4. The van der Waals surface area contributed by atoms with Crippen molar-refractivity contribution >= 4 is 0 Å². The summed E-state index contributed by atoms with van der Waals surface area (Å²) in [6, 6.07) is 0. The van der Waals surface area contributed by atoms with Gasteiger partial charge in [-0.3, -0.25) is 4.39 Å². The summed E-state index contributed by atoms with van der Waals surface area (Å²) in [5.41, 5.74) is 5.38. The highest BCUT2D eigenvalue weighted by atomic mass is 19.1. The third-order valence-electron chi connectivity index (χ3n) is 1.88. The summed E-state index contributed by atoms with van der Waals surface area (Å²) in [6.45, 7) is 4.67. The van der Waals surface area contributed by atoms with E-state index in [1.807, 2.05) is 0 Å². The van der Waals surface area contributed by atoms with Crippen molar-refractivity contribution in [3.8, 4) is 0 Å². The number of hydrogen-bond acceptors (Lipinski definition) is 2. The van der Waals surface area contributed by atoms with Gasteiger partial charge in [-0.1, -0.05) is 0 Å². The molecule has 0 aromatic carbocycles. The number of hydrogen-bond donors (Lipinski definition) is 1. The number of nitrogens with zero attached hydrogens (tertiary/aromatic N) is 1. The van der Waals surface area contributed by atoms with Crippen molar-refractivity contribution in [1.82, 2.24) is 4.90 Å². The number of rotatable bonds is 3. The van der Waals surface area contributed by atoms with Crippen molar-refractivity contribution in [1.29, 1.82) is 0 Å². The molecule has 2 nitrogen and oxygen atoms in total. The maximum atomic E-state index is 9.50. The van der Waals surface area contributed by atoms with Crippen LogP contribution in [0.15, 0.2) is 0 Å². The molecule has 0 aromatic rings. The monoisotopic (exact) mass is 162 g/mol. The Hall–Kier alpha value is -0.150. The number of nitrogens with two attached hydrogens (primary N) is 1.